The van der Waals surface area contributed by atoms with Crippen LogP contribution >= 0.6 is 0 Å². The largest absolute Gasteiger partial charge is 0.459 e. The topological polar surface area (TPSA) is 81.2 Å². The Bertz CT molecular complexity index is 1330. The third kappa shape index (κ3) is 4.23. The molecule has 6 heteroatoms. The number of amides is 1. The van der Waals surface area contributed by atoms with Crippen LogP contribution in [0.25, 0.3) is 21.8 Å². The van der Waals surface area contributed by atoms with E-state index in [0.717, 1.165) is 22.3 Å². The van der Waals surface area contributed by atoms with Crippen LogP contribution in [0.3, 0.4) is 0 Å². The molecule has 0 saturated carbocycles. The van der Waals surface area contributed by atoms with Crippen LogP contribution in [0.1, 0.15) is 46.0 Å². The van der Waals surface area contributed by atoms with Crippen molar-refractivity contribution in [2.75, 3.05) is 5.32 Å². The van der Waals surface area contributed by atoms with E-state index in [2.05, 4.69) is 15.3 Å². The average molecular weight is 413 g/mol. The van der Waals surface area contributed by atoms with Crippen LogP contribution in [0.5, 0.6) is 0 Å². The molecule has 31 heavy (non-hydrogen) atoms. The van der Waals surface area contributed by atoms with Gasteiger partial charge in [0.1, 0.15) is 0 Å². The maximum atomic E-state index is 13.2. The predicted molar refractivity (Wildman–Crippen MR) is 121 cm³/mol. The number of nitrogens with zero attached hydrogens (tertiary/aromatic N) is 2. The average Bonchev–Trinajstić information content (AvgIpc) is 2.72. The van der Waals surface area contributed by atoms with E-state index in [1.54, 1.807) is 44.2 Å². The van der Waals surface area contributed by atoms with Gasteiger partial charge in [-0.25, -0.2) is 4.79 Å². The molecule has 0 unspecified atom stereocenters. The van der Waals surface area contributed by atoms with Crippen LogP contribution in [-0.4, -0.2) is 27.9 Å². The lowest BCUT2D eigenvalue weighted by Gasteiger charge is -2.13. The van der Waals surface area contributed by atoms with Gasteiger partial charge in [0.05, 0.1) is 34.0 Å². The number of fused-ring (bicyclic) bond motifs is 2. The summed E-state index contributed by atoms with van der Waals surface area (Å²) in [4.78, 5) is 34.6. The Morgan fingerprint density at radius 1 is 0.871 bits per heavy atom. The fourth-order valence-corrected chi connectivity index (χ4v) is 3.56. The van der Waals surface area contributed by atoms with Gasteiger partial charge in [-0.2, -0.15) is 0 Å². The third-order valence-electron chi connectivity index (χ3n) is 4.85. The van der Waals surface area contributed by atoms with Gasteiger partial charge in [0.25, 0.3) is 5.91 Å². The van der Waals surface area contributed by atoms with E-state index in [4.69, 9.17) is 4.74 Å². The highest BCUT2D eigenvalue weighted by Crippen LogP contribution is 2.27. The minimum absolute atomic E-state index is 0.221. The number of hydrogen-bond acceptors (Lipinski definition) is 5. The number of anilines is 1. The molecule has 4 aromatic rings. The van der Waals surface area contributed by atoms with Gasteiger partial charge < -0.3 is 10.1 Å². The quantitative estimate of drug-likeness (QED) is 0.464. The predicted octanol–water partition coefficient (Wildman–Crippen LogP) is 5.22. The Morgan fingerprint density at radius 2 is 1.55 bits per heavy atom. The highest BCUT2D eigenvalue weighted by atomic mass is 16.5. The molecule has 4 rings (SSSR count). The normalized spacial score (nSPS) is 11.1. The SMILES string of the molecule is Cc1cc(NC(=O)c2cc(C)nc3ccccc23)c2cc(C(=O)OC(C)C)ccc2n1. The van der Waals surface area contributed by atoms with E-state index in [9.17, 15) is 9.59 Å². The number of carbonyl (C=O) groups is 2. The van der Waals surface area contributed by atoms with Gasteiger partial charge in [-0.15, -0.1) is 0 Å². The number of aryl methyl sites for hydroxylation is 2. The summed E-state index contributed by atoms with van der Waals surface area (Å²) in [5.74, 6) is -0.658. The first-order valence-corrected chi connectivity index (χ1v) is 10.1. The molecule has 2 heterocycles. The van der Waals surface area contributed by atoms with Gasteiger partial charge in [0.15, 0.2) is 0 Å². The smallest absolute Gasteiger partial charge is 0.338 e. The number of ether oxygens (including phenoxy) is 1. The maximum Gasteiger partial charge on any atom is 0.338 e. The van der Waals surface area contributed by atoms with Crippen LogP contribution in [0.2, 0.25) is 0 Å². The molecule has 0 fully saturated rings. The van der Waals surface area contributed by atoms with E-state index in [0.29, 0.717) is 27.7 Å². The minimum Gasteiger partial charge on any atom is -0.459 e. The lowest BCUT2D eigenvalue weighted by atomic mass is 10.1. The molecule has 2 aromatic carbocycles. The van der Waals surface area contributed by atoms with Gasteiger partial charge in [0, 0.05) is 22.2 Å². The molecule has 0 aliphatic heterocycles. The Labute approximate surface area is 180 Å². The molecule has 156 valence electrons. The number of aromatic nitrogens is 2. The van der Waals surface area contributed by atoms with Crippen molar-refractivity contribution in [1.29, 1.82) is 0 Å². The van der Waals surface area contributed by atoms with Crippen molar-refractivity contribution in [3.8, 4) is 0 Å². The summed E-state index contributed by atoms with van der Waals surface area (Å²) in [6.07, 6.45) is -0.221. The van der Waals surface area contributed by atoms with Crippen molar-refractivity contribution >= 4 is 39.4 Å². The van der Waals surface area contributed by atoms with Crippen LogP contribution < -0.4 is 5.32 Å². The summed E-state index contributed by atoms with van der Waals surface area (Å²) in [6, 6.07) is 16.3. The molecule has 0 saturated heterocycles. The first kappa shape index (κ1) is 20.5. The monoisotopic (exact) mass is 413 g/mol. The number of benzene rings is 2. The van der Waals surface area contributed by atoms with Gasteiger partial charge in [-0.05, 0) is 64.1 Å². The van der Waals surface area contributed by atoms with Crippen molar-refractivity contribution in [2.45, 2.75) is 33.8 Å². The van der Waals surface area contributed by atoms with E-state index in [1.165, 1.54) is 0 Å². The van der Waals surface area contributed by atoms with Gasteiger partial charge in [0.2, 0.25) is 0 Å². The molecule has 0 atom stereocenters. The van der Waals surface area contributed by atoms with Gasteiger partial charge in [-0.1, -0.05) is 18.2 Å². The summed E-state index contributed by atoms with van der Waals surface area (Å²) in [6.45, 7) is 7.33. The van der Waals surface area contributed by atoms with Crippen molar-refractivity contribution in [3.05, 3.63) is 77.1 Å². The Hall–Kier alpha value is -3.80. The molecule has 1 N–H and O–H groups in total. The number of carbonyl (C=O) groups excluding carboxylic acids is 2. The maximum absolute atomic E-state index is 13.2. The van der Waals surface area contributed by atoms with E-state index < -0.39 is 5.97 Å². The zero-order chi connectivity index (χ0) is 22.1. The third-order valence-corrected chi connectivity index (χ3v) is 4.85. The van der Waals surface area contributed by atoms with Crippen LogP contribution in [0.15, 0.2) is 54.6 Å². The minimum atomic E-state index is -0.412. The molecule has 0 radical (unpaired) electrons. The zero-order valence-electron chi connectivity index (χ0n) is 17.9. The lowest BCUT2D eigenvalue weighted by Crippen LogP contribution is -2.14. The first-order valence-electron chi connectivity index (χ1n) is 10.1. The number of pyridine rings is 2. The summed E-state index contributed by atoms with van der Waals surface area (Å²) in [7, 11) is 0. The van der Waals surface area contributed by atoms with Crippen molar-refractivity contribution < 1.29 is 14.3 Å². The number of rotatable bonds is 4. The summed E-state index contributed by atoms with van der Waals surface area (Å²) >= 11 is 0. The van der Waals surface area contributed by atoms with Gasteiger partial charge >= 0.3 is 5.97 Å². The highest BCUT2D eigenvalue weighted by molar-refractivity contribution is 6.15. The van der Waals surface area contributed by atoms with Crippen molar-refractivity contribution in [1.82, 2.24) is 9.97 Å². The summed E-state index contributed by atoms with van der Waals surface area (Å²) in [5.41, 5.74) is 4.52. The first-order chi connectivity index (χ1) is 14.8. The molecule has 2 aromatic heterocycles. The van der Waals surface area contributed by atoms with Crippen molar-refractivity contribution in [2.24, 2.45) is 0 Å². The number of para-hydroxylation sites is 1. The van der Waals surface area contributed by atoms with E-state index >= 15 is 0 Å². The number of esters is 1. The molecule has 0 bridgehead atoms. The lowest BCUT2D eigenvalue weighted by molar-refractivity contribution is 0.0378. The molecule has 1 amide bonds. The Balaban J connectivity index is 1.77. The number of hydrogen-bond donors (Lipinski definition) is 1. The van der Waals surface area contributed by atoms with Gasteiger partial charge in [-0.3, -0.25) is 14.8 Å². The van der Waals surface area contributed by atoms with E-state index in [1.807, 2.05) is 38.1 Å². The van der Waals surface area contributed by atoms with Crippen LogP contribution in [-0.2, 0) is 4.74 Å². The molecule has 0 aliphatic carbocycles. The standard InChI is InChI=1S/C25H23N3O3/c1-14(2)31-25(30)17-9-10-22-20(13-17)23(12-16(4)27-22)28-24(29)19-11-15(3)26-21-8-6-5-7-18(19)21/h5-14H,1-4H3,(H,27,28,29). The molecular weight excluding hydrogens is 390 g/mol. The second kappa shape index (κ2) is 8.14. The zero-order valence-corrected chi connectivity index (χ0v) is 17.9. The van der Waals surface area contributed by atoms with Crippen molar-refractivity contribution in [3.63, 3.8) is 0 Å². The summed E-state index contributed by atoms with van der Waals surface area (Å²) < 4.78 is 5.31. The Kier molecular flexibility index (Phi) is 5.38. The second-order valence-electron chi connectivity index (χ2n) is 7.78. The van der Waals surface area contributed by atoms with E-state index in [-0.39, 0.29) is 12.0 Å². The fourth-order valence-electron chi connectivity index (χ4n) is 3.56. The highest BCUT2D eigenvalue weighted by Gasteiger charge is 2.16. The van der Waals surface area contributed by atoms with Crippen LogP contribution in [0.4, 0.5) is 5.69 Å². The molecule has 6 nitrogen and oxygen atoms in total. The Morgan fingerprint density at radius 3 is 2.29 bits per heavy atom. The van der Waals surface area contributed by atoms with Crippen LogP contribution in [0, 0.1) is 13.8 Å². The molecule has 0 spiro atoms. The number of nitrogens with one attached hydrogen (secondary N) is 1. The molecule has 0 aliphatic rings. The second-order valence-corrected chi connectivity index (χ2v) is 7.78. The summed E-state index contributed by atoms with van der Waals surface area (Å²) in [5, 5.41) is 4.46. The fraction of sp³-hybridized carbons (Fsp3) is 0.200. The molecular formula is C25H23N3O3.